The van der Waals surface area contributed by atoms with Gasteiger partial charge in [0.2, 0.25) is 0 Å². The molecule has 0 bridgehead atoms. The van der Waals surface area contributed by atoms with Gasteiger partial charge < -0.3 is 9.47 Å². The van der Waals surface area contributed by atoms with Crippen molar-refractivity contribution in [2.75, 3.05) is 13.7 Å². The van der Waals surface area contributed by atoms with Crippen LogP contribution < -0.4 is 0 Å². The Bertz CT molecular complexity index is 379. The zero-order chi connectivity index (χ0) is 11.2. The molecular formula is C14H18O2. The first-order valence-corrected chi connectivity index (χ1v) is 6.02. The van der Waals surface area contributed by atoms with Crippen LogP contribution in [0.1, 0.15) is 24.0 Å². The second-order valence-corrected chi connectivity index (χ2v) is 4.91. The van der Waals surface area contributed by atoms with Crippen LogP contribution in [0.15, 0.2) is 24.3 Å². The van der Waals surface area contributed by atoms with Crippen molar-refractivity contribution in [3.05, 3.63) is 35.4 Å². The van der Waals surface area contributed by atoms with Gasteiger partial charge in [-0.15, -0.1) is 0 Å². The molecule has 0 amide bonds. The van der Waals surface area contributed by atoms with E-state index in [1.54, 1.807) is 0 Å². The summed E-state index contributed by atoms with van der Waals surface area (Å²) >= 11 is 0. The van der Waals surface area contributed by atoms with Crippen LogP contribution in [0.3, 0.4) is 0 Å². The highest BCUT2D eigenvalue weighted by molar-refractivity contribution is 5.35. The van der Waals surface area contributed by atoms with Crippen LogP contribution in [-0.2, 0) is 15.1 Å². The van der Waals surface area contributed by atoms with Crippen molar-refractivity contribution in [3.8, 4) is 0 Å². The van der Waals surface area contributed by atoms with E-state index in [-0.39, 0.29) is 11.7 Å². The van der Waals surface area contributed by atoms with Gasteiger partial charge in [0.1, 0.15) is 11.7 Å². The maximum atomic E-state index is 5.93. The fraction of sp³-hybridized carbons (Fsp3) is 0.571. The highest BCUT2D eigenvalue weighted by Crippen LogP contribution is 2.54. The Morgan fingerprint density at radius 1 is 1.31 bits per heavy atom. The van der Waals surface area contributed by atoms with Gasteiger partial charge in [-0.05, 0) is 36.8 Å². The van der Waals surface area contributed by atoms with Crippen LogP contribution >= 0.6 is 0 Å². The van der Waals surface area contributed by atoms with Gasteiger partial charge in [-0.25, -0.2) is 0 Å². The van der Waals surface area contributed by atoms with Crippen LogP contribution in [-0.4, -0.2) is 19.8 Å². The summed E-state index contributed by atoms with van der Waals surface area (Å²) in [6.45, 7) is 3.01. The molecule has 0 aromatic heterocycles. The first-order valence-electron chi connectivity index (χ1n) is 6.02. The Morgan fingerprint density at radius 3 is 2.50 bits per heavy atom. The smallest absolute Gasteiger partial charge is 0.124 e. The van der Waals surface area contributed by atoms with Crippen molar-refractivity contribution in [1.82, 2.24) is 0 Å². The summed E-state index contributed by atoms with van der Waals surface area (Å²) in [7, 11) is 1.83. The summed E-state index contributed by atoms with van der Waals surface area (Å²) in [5, 5.41) is 0. The lowest BCUT2D eigenvalue weighted by atomic mass is 9.83. The molecule has 1 saturated carbocycles. The van der Waals surface area contributed by atoms with Crippen molar-refractivity contribution in [1.29, 1.82) is 0 Å². The SMILES string of the molecule is CO[C@@](c1ccccc1C)(C1CC1)[C@H]1CO1. The number of ether oxygens (including phenoxy) is 2. The number of hydrogen-bond acceptors (Lipinski definition) is 2. The molecule has 2 atom stereocenters. The molecule has 0 radical (unpaired) electrons. The minimum atomic E-state index is -0.175. The molecule has 2 fully saturated rings. The average Bonchev–Trinajstić information content (AvgIpc) is 3.16. The Morgan fingerprint density at radius 2 is 2.00 bits per heavy atom. The number of benzene rings is 1. The van der Waals surface area contributed by atoms with Crippen molar-refractivity contribution in [2.24, 2.45) is 5.92 Å². The maximum Gasteiger partial charge on any atom is 0.124 e. The summed E-state index contributed by atoms with van der Waals surface area (Å²) in [5.41, 5.74) is 2.46. The molecule has 2 nitrogen and oxygen atoms in total. The van der Waals surface area contributed by atoms with Gasteiger partial charge in [0.25, 0.3) is 0 Å². The van der Waals surface area contributed by atoms with Crippen LogP contribution in [0.2, 0.25) is 0 Å². The molecule has 2 heteroatoms. The predicted octanol–water partition coefficient (Wildman–Crippen LogP) is 2.65. The van der Waals surface area contributed by atoms with E-state index >= 15 is 0 Å². The van der Waals surface area contributed by atoms with Gasteiger partial charge in [-0.3, -0.25) is 0 Å². The molecular weight excluding hydrogens is 200 g/mol. The summed E-state index contributed by atoms with van der Waals surface area (Å²) in [6.07, 6.45) is 2.80. The van der Waals surface area contributed by atoms with E-state index in [1.807, 2.05) is 7.11 Å². The fourth-order valence-electron chi connectivity index (χ4n) is 2.88. The molecule has 1 saturated heterocycles. The third kappa shape index (κ3) is 1.40. The van der Waals surface area contributed by atoms with Crippen molar-refractivity contribution in [3.63, 3.8) is 0 Å². The van der Waals surface area contributed by atoms with Crippen LogP contribution in [0.4, 0.5) is 0 Å². The average molecular weight is 218 g/mol. The second-order valence-electron chi connectivity index (χ2n) is 4.91. The van der Waals surface area contributed by atoms with E-state index in [0.717, 1.165) is 6.61 Å². The Labute approximate surface area is 96.6 Å². The van der Waals surface area contributed by atoms with Gasteiger partial charge >= 0.3 is 0 Å². The molecule has 86 valence electrons. The highest BCUT2D eigenvalue weighted by Gasteiger charge is 2.57. The lowest BCUT2D eigenvalue weighted by molar-refractivity contribution is -0.0566. The van der Waals surface area contributed by atoms with Crippen molar-refractivity contribution in [2.45, 2.75) is 31.5 Å². The topological polar surface area (TPSA) is 21.8 Å². The molecule has 3 rings (SSSR count). The molecule has 1 aromatic carbocycles. The number of epoxide rings is 1. The molecule has 0 N–H and O–H groups in total. The van der Waals surface area contributed by atoms with E-state index in [1.165, 1.54) is 24.0 Å². The minimum absolute atomic E-state index is 0.175. The maximum absolute atomic E-state index is 5.93. The van der Waals surface area contributed by atoms with E-state index in [2.05, 4.69) is 31.2 Å². The fourth-order valence-corrected chi connectivity index (χ4v) is 2.88. The molecule has 0 spiro atoms. The normalized spacial score (nSPS) is 27.5. The first kappa shape index (κ1) is 10.3. The quantitative estimate of drug-likeness (QED) is 0.725. The number of aryl methyl sites for hydroxylation is 1. The Balaban J connectivity index is 2.07. The summed E-state index contributed by atoms with van der Waals surface area (Å²) in [5.74, 6) is 0.645. The van der Waals surface area contributed by atoms with Gasteiger partial charge in [-0.2, -0.15) is 0 Å². The monoisotopic (exact) mass is 218 g/mol. The van der Waals surface area contributed by atoms with Crippen molar-refractivity contribution >= 4 is 0 Å². The minimum Gasteiger partial charge on any atom is -0.370 e. The lowest BCUT2D eigenvalue weighted by Crippen LogP contribution is -2.38. The largest absolute Gasteiger partial charge is 0.370 e. The number of methoxy groups -OCH3 is 1. The van der Waals surface area contributed by atoms with Gasteiger partial charge in [-0.1, -0.05) is 24.3 Å². The van der Waals surface area contributed by atoms with E-state index < -0.39 is 0 Å². The number of hydrogen-bond donors (Lipinski definition) is 0. The standard InChI is InChI=1S/C14H18O2/c1-10-5-3-4-6-12(10)14(15-2,11-7-8-11)13-9-16-13/h3-6,11,13H,7-9H2,1-2H3/t13-,14-/m1/s1. The molecule has 1 heterocycles. The molecule has 1 aliphatic carbocycles. The van der Waals surface area contributed by atoms with Gasteiger partial charge in [0.05, 0.1) is 6.61 Å². The molecule has 1 aliphatic heterocycles. The van der Waals surface area contributed by atoms with E-state index in [9.17, 15) is 0 Å². The van der Waals surface area contributed by atoms with Crippen LogP contribution in [0, 0.1) is 12.8 Å². The predicted molar refractivity (Wildman–Crippen MR) is 62.3 cm³/mol. The molecule has 16 heavy (non-hydrogen) atoms. The first-order chi connectivity index (χ1) is 7.79. The number of rotatable bonds is 4. The van der Waals surface area contributed by atoms with Gasteiger partial charge in [0.15, 0.2) is 0 Å². The van der Waals surface area contributed by atoms with Gasteiger partial charge in [0, 0.05) is 7.11 Å². The molecule has 0 unspecified atom stereocenters. The second kappa shape index (κ2) is 3.57. The Hall–Kier alpha value is -0.860. The van der Waals surface area contributed by atoms with E-state index in [4.69, 9.17) is 9.47 Å². The summed E-state index contributed by atoms with van der Waals surface area (Å²) < 4.78 is 11.5. The Kier molecular flexibility index (Phi) is 2.30. The zero-order valence-corrected chi connectivity index (χ0v) is 9.90. The zero-order valence-electron chi connectivity index (χ0n) is 9.90. The van der Waals surface area contributed by atoms with Crippen molar-refractivity contribution < 1.29 is 9.47 Å². The summed E-state index contributed by atoms with van der Waals surface area (Å²) in [6, 6.07) is 8.54. The molecule has 1 aromatic rings. The third-order valence-corrected chi connectivity index (χ3v) is 3.90. The third-order valence-electron chi connectivity index (χ3n) is 3.90. The van der Waals surface area contributed by atoms with Crippen LogP contribution in [0.5, 0.6) is 0 Å². The lowest BCUT2D eigenvalue weighted by Gasteiger charge is -2.33. The van der Waals surface area contributed by atoms with Crippen LogP contribution in [0.25, 0.3) is 0 Å². The van der Waals surface area contributed by atoms with E-state index in [0.29, 0.717) is 5.92 Å². The highest BCUT2D eigenvalue weighted by atomic mass is 16.6. The summed E-state index contributed by atoms with van der Waals surface area (Å²) in [4.78, 5) is 0. The molecule has 2 aliphatic rings.